The lowest BCUT2D eigenvalue weighted by atomic mass is 9.99. The maximum atomic E-state index is 13.4. The molecule has 2 atom stereocenters. The molecule has 2 bridgehead atoms. The second-order valence-electron chi connectivity index (χ2n) is 10.2. The number of hydrogen-bond donors (Lipinski definition) is 1. The van der Waals surface area contributed by atoms with Crippen LogP contribution in [0.3, 0.4) is 0 Å². The van der Waals surface area contributed by atoms with E-state index in [1.54, 1.807) is 16.9 Å². The van der Waals surface area contributed by atoms with Gasteiger partial charge < -0.3 is 14.8 Å². The molecule has 1 aliphatic heterocycles. The summed E-state index contributed by atoms with van der Waals surface area (Å²) in [6, 6.07) is 3.72. The zero-order valence-electron chi connectivity index (χ0n) is 19.8. The van der Waals surface area contributed by atoms with Gasteiger partial charge in [0.25, 0.3) is 5.91 Å². The van der Waals surface area contributed by atoms with Gasteiger partial charge in [-0.25, -0.2) is 9.50 Å². The molecule has 9 nitrogen and oxygen atoms in total. The number of ether oxygens (including phenoxy) is 2. The number of benzene rings is 1. The number of nitrogens with one attached hydrogen (secondary N) is 1. The van der Waals surface area contributed by atoms with Crippen LogP contribution in [0.25, 0.3) is 16.6 Å². The molecule has 0 spiro atoms. The van der Waals surface area contributed by atoms with Gasteiger partial charge >= 0.3 is 0 Å². The van der Waals surface area contributed by atoms with Crippen molar-refractivity contribution in [1.82, 2.24) is 24.4 Å². The predicted octanol–water partition coefficient (Wildman–Crippen LogP) is 4.10. The van der Waals surface area contributed by atoms with Crippen molar-refractivity contribution in [2.24, 2.45) is 0 Å². The summed E-state index contributed by atoms with van der Waals surface area (Å²) in [6.45, 7) is 8.67. The molecule has 4 aromatic rings. The smallest absolute Gasteiger partial charge is 0.259 e. The van der Waals surface area contributed by atoms with E-state index in [0.29, 0.717) is 29.3 Å². The molecule has 6 rings (SSSR count). The number of aromatic nitrogens is 5. The number of carbonyl (C=O) groups excluding carboxylic acids is 1. The van der Waals surface area contributed by atoms with E-state index in [1.807, 2.05) is 50.0 Å². The van der Waals surface area contributed by atoms with Gasteiger partial charge in [-0.15, -0.1) is 0 Å². The summed E-state index contributed by atoms with van der Waals surface area (Å²) in [5.41, 5.74) is 3.19. The molecule has 9 heteroatoms. The Kier molecular flexibility index (Phi) is 4.51. The molecule has 3 aromatic heterocycles. The molecule has 1 saturated carbocycles. The molecule has 1 aromatic carbocycles. The zero-order chi connectivity index (χ0) is 23.7. The average molecular weight is 461 g/mol. The van der Waals surface area contributed by atoms with Crippen LogP contribution >= 0.6 is 0 Å². The number of aryl methyl sites for hydroxylation is 1. The highest BCUT2D eigenvalue weighted by molar-refractivity contribution is 6.09. The standard InChI is InChI=1S/C25H28N6O3/c1-15(2)34-21-8-19-17(12-31(29-19)25-6-5-24(4,13-25)33-14-25)7-18(21)23(32)28-20-10-27-30-11-16(3)9-26-22(20)30/h7-12,15H,5-6,13-14H2,1-4H3,(H,28,32). The normalized spacial score (nSPS) is 23.9. The molecule has 1 saturated heterocycles. The van der Waals surface area contributed by atoms with E-state index in [4.69, 9.17) is 14.6 Å². The Bertz CT molecular complexity index is 1430. The number of carbonyl (C=O) groups is 1. The first-order valence-electron chi connectivity index (χ1n) is 11.7. The van der Waals surface area contributed by atoms with Gasteiger partial charge in [0.1, 0.15) is 11.4 Å². The van der Waals surface area contributed by atoms with Crippen LogP contribution in [0.15, 0.2) is 36.9 Å². The van der Waals surface area contributed by atoms with Crippen molar-refractivity contribution in [3.05, 3.63) is 48.0 Å². The van der Waals surface area contributed by atoms with Gasteiger partial charge in [0.15, 0.2) is 5.65 Å². The minimum Gasteiger partial charge on any atom is -0.490 e. The van der Waals surface area contributed by atoms with Crippen molar-refractivity contribution in [2.75, 3.05) is 11.9 Å². The minimum absolute atomic E-state index is 0.0595. The Hall–Kier alpha value is -3.46. The van der Waals surface area contributed by atoms with Crippen molar-refractivity contribution in [1.29, 1.82) is 0 Å². The van der Waals surface area contributed by atoms with Crippen molar-refractivity contribution in [3.63, 3.8) is 0 Å². The third kappa shape index (κ3) is 3.34. The summed E-state index contributed by atoms with van der Waals surface area (Å²) < 4.78 is 15.8. The largest absolute Gasteiger partial charge is 0.490 e. The van der Waals surface area contributed by atoms with E-state index < -0.39 is 0 Å². The van der Waals surface area contributed by atoms with Crippen LogP contribution < -0.4 is 10.1 Å². The SMILES string of the molecule is Cc1cnc2c(NC(=O)c3cc4cn(C56CCC(C)(C5)OC6)nc4cc3OC(C)C)cnn2c1. The van der Waals surface area contributed by atoms with E-state index >= 15 is 0 Å². The molecule has 2 unspecified atom stereocenters. The zero-order valence-corrected chi connectivity index (χ0v) is 19.8. The number of hydrogen-bond acceptors (Lipinski definition) is 6. The van der Waals surface area contributed by atoms with E-state index in [9.17, 15) is 4.79 Å². The van der Waals surface area contributed by atoms with Crippen molar-refractivity contribution >= 4 is 28.1 Å². The maximum absolute atomic E-state index is 13.4. The Balaban J connectivity index is 1.38. The van der Waals surface area contributed by atoms with Gasteiger partial charge in [0.2, 0.25) is 0 Å². The highest BCUT2D eigenvalue weighted by atomic mass is 16.5. The van der Waals surface area contributed by atoms with E-state index in [1.165, 1.54) is 0 Å². The molecule has 34 heavy (non-hydrogen) atoms. The first kappa shape index (κ1) is 21.1. The Morgan fingerprint density at radius 3 is 2.79 bits per heavy atom. The summed E-state index contributed by atoms with van der Waals surface area (Å²) in [5, 5.41) is 13.0. The molecule has 4 heterocycles. The molecule has 2 aliphatic rings. The summed E-state index contributed by atoms with van der Waals surface area (Å²) in [7, 11) is 0. The number of amides is 1. The van der Waals surface area contributed by atoms with Crippen LogP contribution in [-0.2, 0) is 10.3 Å². The average Bonchev–Trinajstić information content (AvgIpc) is 3.53. The highest BCUT2D eigenvalue weighted by Crippen LogP contribution is 2.51. The van der Waals surface area contributed by atoms with Gasteiger partial charge in [-0.2, -0.15) is 10.2 Å². The van der Waals surface area contributed by atoms with Crippen LogP contribution in [0, 0.1) is 6.92 Å². The first-order chi connectivity index (χ1) is 16.2. The fourth-order valence-electron chi connectivity index (χ4n) is 5.26. The maximum Gasteiger partial charge on any atom is 0.259 e. The molecule has 0 radical (unpaired) electrons. The number of nitrogens with zero attached hydrogens (tertiary/aromatic N) is 5. The summed E-state index contributed by atoms with van der Waals surface area (Å²) >= 11 is 0. The Morgan fingerprint density at radius 2 is 2.09 bits per heavy atom. The quantitative estimate of drug-likeness (QED) is 0.482. The number of fused-ring (bicyclic) bond motifs is 4. The van der Waals surface area contributed by atoms with Crippen LogP contribution in [0.2, 0.25) is 0 Å². The van der Waals surface area contributed by atoms with Gasteiger partial charge in [-0.3, -0.25) is 9.48 Å². The summed E-state index contributed by atoms with van der Waals surface area (Å²) in [4.78, 5) is 17.8. The minimum atomic E-state index is -0.279. The van der Waals surface area contributed by atoms with Crippen LogP contribution in [0.1, 0.15) is 56.0 Å². The molecule has 1 N–H and O–H groups in total. The first-order valence-corrected chi connectivity index (χ1v) is 11.7. The second kappa shape index (κ2) is 7.27. The lowest BCUT2D eigenvalue weighted by molar-refractivity contribution is -0.0149. The molecular formula is C25H28N6O3. The molecular weight excluding hydrogens is 432 g/mol. The number of rotatable bonds is 5. The molecule has 176 valence electrons. The fraction of sp³-hybridized carbons (Fsp3) is 0.440. The van der Waals surface area contributed by atoms with Crippen molar-refractivity contribution in [2.45, 2.75) is 64.2 Å². The summed E-state index contributed by atoms with van der Waals surface area (Å²) in [5.74, 6) is 0.223. The Morgan fingerprint density at radius 1 is 1.24 bits per heavy atom. The van der Waals surface area contributed by atoms with E-state index in [-0.39, 0.29) is 23.2 Å². The van der Waals surface area contributed by atoms with Gasteiger partial charge in [0, 0.05) is 36.5 Å². The lowest BCUT2D eigenvalue weighted by Gasteiger charge is -2.26. The van der Waals surface area contributed by atoms with E-state index in [2.05, 4.69) is 22.3 Å². The van der Waals surface area contributed by atoms with Crippen molar-refractivity contribution in [3.8, 4) is 5.75 Å². The molecule has 1 aliphatic carbocycles. The number of anilines is 1. The topological polar surface area (TPSA) is 95.6 Å². The van der Waals surface area contributed by atoms with Crippen LogP contribution in [-0.4, -0.2) is 48.6 Å². The highest BCUT2D eigenvalue weighted by Gasteiger charge is 2.54. The summed E-state index contributed by atoms with van der Waals surface area (Å²) in [6.07, 6.45) is 10.2. The van der Waals surface area contributed by atoms with Gasteiger partial charge in [-0.1, -0.05) is 0 Å². The monoisotopic (exact) mass is 460 g/mol. The molecule has 1 amide bonds. The van der Waals surface area contributed by atoms with Gasteiger partial charge in [-0.05, 0) is 52.2 Å². The Labute approximate surface area is 197 Å². The van der Waals surface area contributed by atoms with Gasteiger partial charge in [0.05, 0.1) is 41.1 Å². The van der Waals surface area contributed by atoms with Crippen molar-refractivity contribution < 1.29 is 14.3 Å². The third-order valence-electron chi connectivity index (χ3n) is 6.94. The third-order valence-corrected chi connectivity index (χ3v) is 6.94. The second-order valence-corrected chi connectivity index (χ2v) is 10.2. The van der Waals surface area contributed by atoms with Crippen LogP contribution in [0.4, 0.5) is 5.69 Å². The van der Waals surface area contributed by atoms with Crippen LogP contribution in [0.5, 0.6) is 5.75 Å². The predicted molar refractivity (Wildman–Crippen MR) is 127 cm³/mol. The molecule has 2 fully saturated rings. The lowest BCUT2D eigenvalue weighted by Crippen LogP contribution is -2.33. The fourth-order valence-corrected chi connectivity index (χ4v) is 5.26. The van der Waals surface area contributed by atoms with E-state index in [0.717, 1.165) is 35.7 Å².